The molecule has 2 aromatic carbocycles. The van der Waals surface area contributed by atoms with Crippen LogP contribution in [0.5, 0.6) is 0 Å². The van der Waals surface area contributed by atoms with Crippen LogP contribution in [0.15, 0.2) is 48.5 Å². The molecule has 0 spiro atoms. The number of halogens is 1. The second-order valence-corrected chi connectivity index (χ2v) is 5.61. The lowest BCUT2D eigenvalue weighted by Crippen LogP contribution is -2.20. The number of hydrogen-bond donors (Lipinski definition) is 2. The lowest BCUT2D eigenvalue weighted by atomic mass is 10.0. The van der Waals surface area contributed by atoms with Crippen molar-refractivity contribution in [3.8, 4) is 0 Å². The van der Waals surface area contributed by atoms with Crippen molar-refractivity contribution < 1.29 is 4.79 Å². The van der Waals surface area contributed by atoms with E-state index in [-0.39, 0.29) is 11.9 Å². The first kappa shape index (κ1) is 16.5. The molecule has 4 heteroatoms. The molecule has 0 aromatic heterocycles. The molecule has 0 saturated heterocycles. The Kier molecular flexibility index (Phi) is 5.99. The molecule has 0 aliphatic carbocycles. The molecule has 0 aliphatic heterocycles. The van der Waals surface area contributed by atoms with Crippen molar-refractivity contribution in [3.05, 3.63) is 70.2 Å². The molecular weight excluding hydrogens is 296 g/mol. The van der Waals surface area contributed by atoms with Crippen molar-refractivity contribution in [3.63, 3.8) is 0 Å². The lowest BCUT2D eigenvalue weighted by molar-refractivity contribution is 0.0963. The van der Waals surface area contributed by atoms with E-state index in [9.17, 15) is 4.79 Å². The van der Waals surface area contributed by atoms with Gasteiger partial charge in [0.1, 0.15) is 0 Å². The van der Waals surface area contributed by atoms with Gasteiger partial charge in [-0.1, -0.05) is 42.8 Å². The Morgan fingerprint density at radius 3 is 2.27 bits per heavy atom. The lowest BCUT2D eigenvalue weighted by Gasteiger charge is -2.17. The van der Waals surface area contributed by atoms with Gasteiger partial charge in [-0.15, -0.1) is 0 Å². The maximum atomic E-state index is 11.5. The highest BCUT2D eigenvalue weighted by Gasteiger charge is 2.09. The molecule has 0 aliphatic rings. The minimum absolute atomic E-state index is 0.0629. The van der Waals surface area contributed by atoms with Crippen molar-refractivity contribution in [2.24, 2.45) is 0 Å². The molecule has 0 fully saturated rings. The highest BCUT2D eigenvalue weighted by molar-refractivity contribution is 6.30. The monoisotopic (exact) mass is 316 g/mol. The molecule has 0 radical (unpaired) electrons. The number of benzene rings is 2. The van der Waals surface area contributed by atoms with E-state index in [4.69, 9.17) is 11.6 Å². The number of rotatable bonds is 6. The Morgan fingerprint density at radius 2 is 1.73 bits per heavy atom. The summed E-state index contributed by atoms with van der Waals surface area (Å²) in [5, 5.41) is 6.91. The SMILES string of the molecule is CCC(NCc1ccc(C(=O)NC)cc1)c1ccc(Cl)cc1. The van der Waals surface area contributed by atoms with E-state index in [1.165, 1.54) is 5.56 Å². The molecule has 1 unspecified atom stereocenters. The number of carbonyl (C=O) groups excluding carboxylic acids is 1. The number of hydrogen-bond acceptors (Lipinski definition) is 2. The first-order chi connectivity index (χ1) is 10.6. The second kappa shape index (κ2) is 7.97. The zero-order valence-corrected chi connectivity index (χ0v) is 13.7. The fourth-order valence-electron chi connectivity index (χ4n) is 2.35. The minimum atomic E-state index is -0.0629. The van der Waals surface area contributed by atoms with E-state index in [0.29, 0.717) is 5.56 Å². The Labute approximate surface area is 136 Å². The van der Waals surface area contributed by atoms with E-state index < -0.39 is 0 Å². The van der Waals surface area contributed by atoms with Crippen LogP contribution in [-0.2, 0) is 6.54 Å². The predicted molar refractivity (Wildman–Crippen MR) is 91.2 cm³/mol. The van der Waals surface area contributed by atoms with Crippen LogP contribution in [-0.4, -0.2) is 13.0 Å². The van der Waals surface area contributed by atoms with Gasteiger partial charge in [0.15, 0.2) is 0 Å². The van der Waals surface area contributed by atoms with Crippen LogP contribution in [0, 0.1) is 0 Å². The minimum Gasteiger partial charge on any atom is -0.355 e. The molecule has 0 heterocycles. The highest BCUT2D eigenvalue weighted by Crippen LogP contribution is 2.19. The molecule has 2 N–H and O–H groups in total. The first-order valence-electron chi connectivity index (χ1n) is 7.44. The third-order valence-corrected chi connectivity index (χ3v) is 3.93. The van der Waals surface area contributed by atoms with E-state index in [1.807, 2.05) is 36.4 Å². The number of nitrogens with one attached hydrogen (secondary N) is 2. The zero-order chi connectivity index (χ0) is 15.9. The quantitative estimate of drug-likeness (QED) is 0.847. The number of amides is 1. The summed E-state index contributed by atoms with van der Waals surface area (Å²) >= 11 is 5.93. The third kappa shape index (κ3) is 4.33. The second-order valence-electron chi connectivity index (χ2n) is 5.17. The van der Waals surface area contributed by atoms with E-state index in [1.54, 1.807) is 7.05 Å². The largest absolute Gasteiger partial charge is 0.355 e. The maximum Gasteiger partial charge on any atom is 0.251 e. The summed E-state index contributed by atoms with van der Waals surface area (Å²) in [7, 11) is 1.63. The van der Waals surface area contributed by atoms with Gasteiger partial charge in [-0.25, -0.2) is 0 Å². The number of carbonyl (C=O) groups is 1. The summed E-state index contributed by atoms with van der Waals surface area (Å²) in [6.07, 6.45) is 0.998. The Hall–Kier alpha value is -1.84. The smallest absolute Gasteiger partial charge is 0.251 e. The topological polar surface area (TPSA) is 41.1 Å². The fourth-order valence-corrected chi connectivity index (χ4v) is 2.48. The Bertz CT molecular complexity index is 608. The molecule has 2 aromatic rings. The molecule has 3 nitrogen and oxygen atoms in total. The summed E-state index contributed by atoms with van der Waals surface area (Å²) < 4.78 is 0. The van der Waals surface area contributed by atoms with Crippen LogP contribution in [0.25, 0.3) is 0 Å². The van der Waals surface area contributed by atoms with Gasteiger partial charge in [0.2, 0.25) is 0 Å². The molecule has 1 amide bonds. The van der Waals surface area contributed by atoms with Crippen molar-refractivity contribution in [1.29, 1.82) is 0 Å². The standard InChI is InChI=1S/C18H21ClN2O/c1-3-17(14-8-10-16(19)11-9-14)21-12-13-4-6-15(7-5-13)18(22)20-2/h4-11,17,21H,3,12H2,1-2H3,(H,20,22). The van der Waals surface area contributed by atoms with Gasteiger partial charge in [-0.2, -0.15) is 0 Å². The van der Waals surface area contributed by atoms with Crippen LogP contribution in [0.3, 0.4) is 0 Å². The maximum absolute atomic E-state index is 11.5. The van der Waals surface area contributed by atoms with Gasteiger partial charge in [0.25, 0.3) is 5.91 Å². The van der Waals surface area contributed by atoms with Crippen molar-refractivity contribution >= 4 is 17.5 Å². The van der Waals surface area contributed by atoms with Gasteiger partial charge < -0.3 is 10.6 Å². The van der Waals surface area contributed by atoms with Crippen LogP contribution >= 0.6 is 11.6 Å². The highest BCUT2D eigenvalue weighted by atomic mass is 35.5. The van der Waals surface area contributed by atoms with Crippen molar-refractivity contribution in [1.82, 2.24) is 10.6 Å². The first-order valence-corrected chi connectivity index (χ1v) is 7.81. The Balaban J connectivity index is 1.98. The van der Waals surface area contributed by atoms with Crippen molar-refractivity contribution in [2.45, 2.75) is 25.9 Å². The van der Waals surface area contributed by atoms with Crippen LogP contribution < -0.4 is 10.6 Å². The summed E-state index contributed by atoms with van der Waals surface area (Å²) in [4.78, 5) is 11.5. The summed E-state index contributed by atoms with van der Waals surface area (Å²) in [5.74, 6) is -0.0629. The molecule has 0 saturated carbocycles. The van der Waals surface area contributed by atoms with Gasteiger partial charge >= 0.3 is 0 Å². The third-order valence-electron chi connectivity index (χ3n) is 3.68. The van der Waals surface area contributed by atoms with Crippen LogP contribution in [0.4, 0.5) is 0 Å². The fraction of sp³-hybridized carbons (Fsp3) is 0.278. The van der Waals surface area contributed by atoms with E-state index in [0.717, 1.165) is 23.6 Å². The molecular formula is C18H21ClN2O. The molecule has 116 valence electrons. The average Bonchev–Trinajstić information content (AvgIpc) is 2.56. The molecule has 2 rings (SSSR count). The van der Waals surface area contributed by atoms with Crippen LogP contribution in [0.1, 0.15) is 40.9 Å². The van der Waals surface area contributed by atoms with Gasteiger partial charge in [-0.3, -0.25) is 4.79 Å². The van der Waals surface area contributed by atoms with Gasteiger partial charge in [0.05, 0.1) is 0 Å². The van der Waals surface area contributed by atoms with Crippen molar-refractivity contribution in [2.75, 3.05) is 7.05 Å². The molecule has 22 heavy (non-hydrogen) atoms. The summed E-state index contributed by atoms with van der Waals surface area (Å²) in [5.41, 5.74) is 3.06. The molecule has 0 bridgehead atoms. The summed E-state index contributed by atoms with van der Waals surface area (Å²) in [6.45, 7) is 2.91. The van der Waals surface area contributed by atoms with Crippen LogP contribution in [0.2, 0.25) is 5.02 Å². The van der Waals surface area contributed by atoms with E-state index >= 15 is 0 Å². The van der Waals surface area contributed by atoms with Gasteiger partial charge in [0, 0.05) is 30.2 Å². The average molecular weight is 317 g/mol. The van der Waals surface area contributed by atoms with E-state index in [2.05, 4.69) is 29.7 Å². The zero-order valence-electron chi connectivity index (χ0n) is 12.9. The molecule has 1 atom stereocenters. The normalized spacial score (nSPS) is 12.0. The summed E-state index contributed by atoms with van der Waals surface area (Å²) in [6, 6.07) is 15.9. The Morgan fingerprint density at radius 1 is 1.09 bits per heavy atom. The van der Waals surface area contributed by atoms with Gasteiger partial charge in [-0.05, 0) is 41.8 Å². The predicted octanol–water partition coefficient (Wildman–Crippen LogP) is 3.94.